The number of rotatable bonds is 11. The van der Waals surface area contributed by atoms with Gasteiger partial charge < -0.3 is 19.1 Å². The van der Waals surface area contributed by atoms with Crippen LogP contribution in [-0.4, -0.2) is 68.7 Å². The van der Waals surface area contributed by atoms with Gasteiger partial charge in [-0.1, -0.05) is 6.92 Å². The molecule has 0 aromatic heterocycles. The van der Waals surface area contributed by atoms with Crippen LogP contribution in [0.3, 0.4) is 0 Å². The maximum atomic E-state index is 12.3. The minimum absolute atomic E-state index is 0.168. The van der Waals surface area contributed by atoms with E-state index in [1.807, 2.05) is 34.6 Å². The van der Waals surface area contributed by atoms with Crippen molar-refractivity contribution in [1.82, 2.24) is 9.80 Å². The molecule has 7 nitrogen and oxygen atoms in total. The fourth-order valence-corrected chi connectivity index (χ4v) is 1.50. The van der Waals surface area contributed by atoms with Crippen LogP contribution in [0.25, 0.3) is 0 Å². The molecule has 7 heteroatoms. The molecular formula is C16H32N2O5. The van der Waals surface area contributed by atoms with Gasteiger partial charge in [0.25, 0.3) is 0 Å². The van der Waals surface area contributed by atoms with E-state index in [2.05, 4.69) is 0 Å². The van der Waals surface area contributed by atoms with Crippen molar-refractivity contribution < 1.29 is 23.8 Å². The fraction of sp³-hybridized carbons (Fsp3) is 0.875. The Labute approximate surface area is 139 Å². The van der Waals surface area contributed by atoms with E-state index in [9.17, 15) is 9.59 Å². The molecule has 0 rings (SSSR count). The lowest BCUT2D eigenvalue weighted by Crippen LogP contribution is -2.44. The van der Waals surface area contributed by atoms with Crippen LogP contribution < -0.4 is 0 Å². The summed E-state index contributed by atoms with van der Waals surface area (Å²) in [5.41, 5.74) is -0.501. The summed E-state index contributed by atoms with van der Waals surface area (Å²) in [6.45, 7) is 11.2. The molecule has 0 heterocycles. The monoisotopic (exact) mass is 332 g/mol. The van der Waals surface area contributed by atoms with Crippen molar-refractivity contribution >= 4 is 12.0 Å². The minimum atomic E-state index is -0.501. The molecule has 23 heavy (non-hydrogen) atoms. The van der Waals surface area contributed by atoms with E-state index in [1.54, 1.807) is 7.05 Å². The lowest BCUT2D eigenvalue weighted by Gasteiger charge is -2.28. The van der Waals surface area contributed by atoms with Crippen LogP contribution in [0, 0.1) is 5.41 Å². The summed E-state index contributed by atoms with van der Waals surface area (Å²) in [7, 11) is 1.66. The van der Waals surface area contributed by atoms with Crippen molar-refractivity contribution in [3.05, 3.63) is 0 Å². The molecule has 0 saturated carbocycles. The molecule has 0 aliphatic heterocycles. The van der Waals surface area contributed by atoms with Crippen molar-refractivity contribution in [3.8, 4) is 0 Å². The number of hydrogen-bond acceptors (Lipinski definition) is 5. The number of urea groups is 1. The molecule has 0 N–H and O–H groups in total. The first-order valence-electron chi connectivity index (χ1n) is 8.12. The van der Waals surface area contributed by atoms with Gasteiger partial charge in [0.05, 0.1) is 12.0 Å². The molecule has 2 amide bonds. The second kappa shape index (κ2) is 11.2. The van der Waals surface area contributed by atoms with E-state index in [4.69, 9.17) is 14.2 Å². The van der Waals surface area contributed by atoms with Gasteiger partial charge >= 0.3 is 12.0 Å². The summed E-state index contributed by atoms with van der Waals surface area (Å²) in [4.78, 5) is 27.2. The molecule has 0 fully saturated rings. The van der Waals surface area contributed by atoms with Crippen LogP contribution in [0.15, 0.2) is 0 Å². The molecule has 136 valence electrons. The number of ether oxygens (including phenoxy) is 3. The molecule has 0 aliphatic carbocycles. The molecular weight excluding hydrogens is 300 g/mol. The number of esters is 1. The minimum Gasteiger partial charge on any atom is -0.463 e. The summed E-state index contributed by atoms with van der Waals surface area (Å²) >= 11 is 0. The Bertz CT molecular complexity index is 352. The van der Waals surface area contributed by atoms with Crippen LogP contribution in [0.4, 0.5) is 4.79 Å². The van der Waals surface area contributed by atoms with Gasteiger partial charge in [0.15, 0.2) is 0 Å². The molecule has 0 saturated heterocycles. The van der Waals surface area contributed by atoms with Gasteiger partial charge in [0, 0.05) is 20.3 Å². The third-order valence-corrected chi connectivity index (χ3v) is 3.60. The summed E-state index contributed by atoms with van der Waals surface area (Å²) < 4.78 is 15.8. The molecule has 0 radical (unpaired) electrons. The Balaban J connectivity index is 4.36. The van der Waals surface area contributed by atoms with E-state index >= 15 is 0 Å². The maximum Gasteiger partial charge on any atom is 0.323 e. The zero-order chi connectivity index (χ0) is 17.9. The van der Waals surface area contributed by atoms with E-state index in [0.717, 1.165) is 0 Å². The van der Waals surface area contributed by atoms with E-state index in [1.165, 1.54) is 9.80 Å². The first-order valence-corrected chi connectivity index (χ1v) is 8.12. The van der Waals surface area contributed by atoms with Gasteiger partial charge in [0.2, 0.25) is 0 Å². The highest BCUT2D eigenvalue weighted by Gasteiger charge is 2.27. The summed E-state index contributed by atoms with van der Waals surface area (Å²) in [5, 5.41) is 0. The van der Waals surface area contributed by atoms with Gasteiger partial charge in [0.1, 0.15) is 20.1 Å². The molecule has 0 spiro atoms. The first kappa shape index (κ1) is 21.7. The fourth-order valence-electron chi connectivity index (χ4n) is 1.50. The van der Waals surface area contributed by atoms with Crippen molar-refractivity contribution in [2.24, 2.45) is 5.41 Å². The zero-order valence-electron chi connectivity index (χ0n) is 15.4. The molecule has 0 aromatic carbocycles. The highest BCUT2D eigenvalue weighted by atomic mass is 16.5. The van der Waals surface area contributed by atoms with Gasteiger partial charge in [-0.25, -0.2) is 4.79 Å². The topological polar surface area (TPSA) is 68.3 Å². The van der Waals surface area contributed by atoms with Crippen LogP contribution in [0.5, 0.6) is 0 Å². The molecule has 0 unspecified atom stereocenters. The lowest BCUT2D eigenvalue weighted by molar-refractivity contribution is -0.154. The second-order valence-electron chi connectivity index (χ2n) is 5.86. The van der Waals surface area contributed by atoms with Crippen LogP contribution in [0.2, 0.25) is 0 Å². The Morgan fingerprint density at radius 3 is 1.96 bits per heavy atom. The highest BCUT2D eigenvalue weighted by Crippen LogP contribution is 2.21. The number of carbonyl (C=O) groups is 2. The van der Waals surface area contributed by atoms with Gasteiger partial charge in [-0.2, -0.15) is 0 Å². The number of hydrogen-bond donors (Lipinski definition) is 0. The standard InChI is InChI=1S/C16H32N2O5/c1-7-16(4,5)14(19)23-11-10-17(6)15(20)18(12-21-8-2)13-22-9-3/h7-13H2,1-6H3. The number of nitrogens with zero attached hydrogens (tertiary/aromatic N) is 2. The van der Waals surface area contributed by atoms with Crippen LogP contribution in [-0.2, 0) is 19.0 Å². The van der Waals surface area contributed by atoms with Crippen LogP contribution >= 0.6 is 0 Å². The zero-order valence-corrected chi connectivity index (χ0v) is 15.4. The summed E-state index contributed by atoms with van der Waals surface area (Å²) in [6, 6.07) is -0.224. The predicted octanol–water partition coefficient (Wildman–Crippen LogP) is 2.31. The molecule has 0 atom stereocenters. The average Bonchev–Trinajstić information content (AvgIpc) is 2.54. The average molecular weight is 332 g/mol. The van der Waals surface area contributed by atoms with E-state index in [0.29, 0.717) is 26.2 Å². The van der Waals surface area contributed by atoms with E-state index < -0.39 is 5.41 Å². The van der Waals surface area contributed by atoms with Gasteiger partial charge in [-0.3, -0.25) is 9.69 Å². The highest BCUT2D eigenvalue weighted by molar-refractivity contribution is 5.76. The lowest BCUT2D eigenvalue weighted by atomic mass is 9.91. The Morgan fingerprint density at radius 2 is 1.52 bits per heavy atom. The quantitative estimate of drug-likeness (QED) is 0.429. The third-order valence-electron chi connectivity index (χ3n) is 3.60. The summed E-state index contributed by atoms with van der Waals surface area (Å²) in [5.74, 6) is -0.249. The van der Waals surface area contributed by atoms with Crippen LogP contribution in [0.1, 0.15) is 41.0 Å². The first-order chi connectivity index (χ1) is 10.8. The second-order valence-corrected chi connectivity index (χ2v) is 5.86. The molecule has 0 aliphatic rings. The normalized spacial score (nSPS) is 11.2. The smallest absolute Gasteiger partial charge is 0.323 e. The SMILES string of the molecule is CCOCN(COCC)C(=O)N(C)CCOC(=O)C(C)(C)CC. The van der Waals surface area contributed by atoms with Crippen molar-refractivity contribution in [1.29, 1.82) is 0 Å². The maximum absolute atomic E-state index is 12.3. The number of amides is 2. The predicted molar refractivity (Wildman–Crippen MR) is 87.9 cm³/mol. The molecule has 0 aromatic rings. The largest absolute Gasteiger partial charge is 0.463 e. The summed E-state index contributed by atoms with van der Waals surface area (Å²) in [6.07, 6.45) is 0.705. The van der Waals surface area contributed by atoms with Crippen molar-refractivity contribution in [3.63, 3.8) is 0 Å². The third kappa shape index (κ3) is 8.18. The number of carbonyl (C=O) groups excluding carboxylic acids is 2. The van der Waals surface area contributed by atoms with Gasteiger partial charge in [-0.15, -0.1) is 0 Å². The Kier molecular flexibility index (Phi) is 10.6. The Morgan fingerprint density at radius 1 is 1.00 bits per heavy atom. The molecule has 0 bridgehead atoms. The van der Waals surface area contributed by atoms with E-state index in [-0.39, 0.29) is 32.1 Å². The Hall–Kier alpha value is -1.34. The van der Waals surface area contributed by atoms with Crippen molar-refractivity contribution in [2.45, 2.75) is 41.0 Å². The number of likely N-dealkylation sites (N-methyl/N-ethyl adjacent to an activating group) is 1. The van der Waals surface area contributed by atoms with Gasteiger partial charge in [-0.05, 0) is 34.1 Å². The van der Waals surface area contributed by atoms with Crippen molar-refractivity contribution in [2.75, 3.05) is 46.9 Å².